The number of aromatic nitrogens is 1. The summed E-state index contributed by atoms with van der Waals surface area (Å²) in [6.07, 6.45) is 0.927. The predicted molar refractivity (Wildman–Crippen MR) is 44.6 cm³/mol. The molecule has 3 nitrogen and oxygen atoms in total. The molecule has 1 aliphatic heterocycles. The van der Waals surface area contributed by atoms with E-state index in [1.165, 1.54) is 0 Å². The molecule has 0 unspecified atom stereocenters. The van der Waals surface area contributed by atoms with Crippen LogP contribution in [0.15, 0.2) is 12.1 Å². The van der Waals surface area contributed by atoms with Crippen LogP contribution in [0.3, 0.4) is 0 Å². The number of pyridine rings is 1. The van der Waals surface area contributed by atoms with E-state index in [0.717, 1.165) is 17.9 Å². The van der Waals surface area contributed by atoms with E-state index < -0.39 is 0 Å². The van der Waals surface area contributed by atoms with E-state index in [1.807, 2.05) is 12.1 Å². The Hall–Kier alpha value is -1.25. The topological polar surface area (TPSA) is 31.4 Å². The molecule has 0 saturated carbocycles. The Morgan fingerprint density at radius 3 is 3.00 bits per heavy atom. The fraction of sp³-hybridized carbons (Fsp3) is 0.444. The van der Waals surface area contributed by atoms with Gasteiger partial charge in [0.25, 0.3) is 5.88 Å². The second kappa shape index (κ2) is 3.01. The Morgan fingerprint density at radius 2 is 2.17 bits per heavy atom. The molecule has 0 saturated heterocycles. The minimum atomic E-state index is 0.604. The van der Waals surface area contributed by atoms with Crippen LogP contribution in [0.2, 0.25) is 0 Å². The van der Waals surface area contributed by atoms with Crippen LogP contribution in [0.5, 0.6) is 11.6 Å². The maximum atomic E-state index is 5.34. The average Bonchev–Trinajstić information content (AvgIpc) is 2.17. The smallest absolute Gasteiger partial charge is 0.257 e. The van der Waals surface area contributed by atoms with Crippen molar-refractivity contribution in [1.29, 1.82) is 0 Å². The number of hydrogen-bond donors (Lipinski definition) is 0. The van der Waals surface area contributed by atoms with Crippen molar-refractivity contribution in [3.63, 3.8) is 0 Å². The SMILES string of the molecule is CCc1ccc2c(n1)OCCO2. The lowest BCUT2D eigenvalue weighted by Gasteiger charge is -2.17. The summed E-state index contributed by atoms with van der Waals surface area (Å²) < 4.78 is 10.7. The Morgan fingerprint density at radius 1 is 1.33 bits per heavy atom. The molecular formula is C9H11NO2. The first-order chi connectivity index (χ1) is 5.90. The quantitative estimate of drug-likeness (QED) is 0.630. The summed E-state index contributed by atoms with van der Waals surface area (Å²) in [6.45, 7) is 3.30. The zero-order valence-electron chi connectivity index (χ0n) is 7.04. The van der Waals surface area contributed by atoms with Crippen LogP contribution in [-0.4, -0.2) is 18.2 Å². The predicted octanol–water partition coefficient (Wildman–Crippen LogP) is 1.42. The minimum Gasteiger partial charge on any atom is -0.484 e. The van der Waals surface area contributed by atoms with Crippen LogP contribution < -0.4 is 9.47 Å². The summed E-state index contributed by atoms with van der Waals surface area (Å²) in [5.74, 6) is 1.40. The van der Waals surface area contributed by atoms with Crippen LogP contribution in [0.1, 0.15) is 12.6 Å². The van der Waals surface area contributed by atoms with Gasteiger partial charge in [0, 0.05) is 5.69 Å². The monoisotopic (exact) mass is 165 g/mol. The first kappa shape index (κ1) is 7.40. The molecule has 0 atom stereocenters. The van der Waals surface area contributed by atoms with Crippen molar-refractivity contribution in [3.8, 4) is 11.6 Å². The fourth-order valence-electron chi connectivity index (χ4n) is 1.17. The van der Waals surface area contributed by atoms with Gasteiger partial charge in [-0.1, -0.05) is 6.92 Å². The van der Waals surface area contributed by atoms with Crippen LogP contribution in [0.4, 0.5) is 0 Å². The molecule has 3 heteroatoms. The van der Waals surface area contributed by atoms with Crippen molar-refractivity contribution in [2.75, 3.05) is 13.2 Å². The van der Waals surface area contributed by atoms with Gasteiger partial charge >= 0.3 is 0 Å². The van der Waals surface area contributed by atoms with Gasteiger partial charge in [-0.2, -0.15) is 0 Å². The highest BCUT2D eigenvalue weighted by atomic mass is 16.6. The largest absolute Gasteiger partial charge is 0.484 e. The molecule has 64 valence electrons. The summed E-state index contributed by atoms with van der Waals surface area (Å²) >= 11 is 0. The highest BCUT2D eigenvalue weighted by molar-refractivity contribution is 5.35. The molecule has 1 aliphatic rings. The van der Waals surface area contributed by atoms with Gasteiger partial charge in [-0.3, -0.25) is 0 Å². The third-order valence-corrected chi connectivity index (χ3v) is 1.82. The number of aryl methyl sites for hydroxylation is 1. The number of ether oxygens (including phenoxy) is 2. The first-order valence-electron chi connectivity index (χ1n) is 4.15. The van der Waals surface area contributed by atoms with Crippen molar-refractivity contribution in [1.82, 2.24) is 4.98 Å². The molecule has 0 spiro atoms. The van der Waals surface area contributed by atoms with E-state index in [-0.39, 0.29) is 0 Å². The Balaban J connectivity index is 2.36. The summed E-state index contributed by atoms with van der Waals surface area (Å²) in [6, 6.07) is 3.88. The molecule has 2 heterocycles. The van der Waals surface area contributed by atoms with Crippen LogP contribution >= 0.6 is 0 Å². The van der Waals surface area contributed by atoms with Gasteiger partial charge in [-0.05, 0) is 18.6 Å². The molecule has 0 bridgehead atoms. The zero-order valence-corrected chi connectivity index (χ0v) is 7.04. The lowest BCUT2D eigenvalue weighted by molar-refractivity contribution is 0.164. The van der Waals surface area contributed by atoms with Crippen molar-refractivity contribution in [2.24, 2.45) is 0 Å². The zero-order chi connectivity index (χ0) is 8.39. The molecule has 2 rings (SSSR count). The molecule has 12 heavy (non-hydrogen) atoms. The van der Waals surface area contributed by atoms with Crippen molar-refractivity contribution in [2.45, 2.75) is 13.3 Å². The first-order valence-corrected chi connectivity index (χ1v) is 4.15. The van der Waals surface area contributed by atoms with E-state index >= 15 is 0 Å². The van der Waals surface area contributed by atoms with Gasteiger partial charge in [0.2, 0.25) is 0 Å². The third-order valence-electron chi connectivity index (χ3n) is 1.82. The molecule has 1 aromatic heterocycles. The number of nitrogens with zero attached hydrogens (tertiary/aromatic N) is 1. The molecule has 0 amide bonds. The maximum Gasteiger partial charge on any atom is 0.257 e. The van der Waals surface area contributed by atoms with Gasteiger partial charge in [0.1, 0.15) is 13.2 Å². The second-order valence-corrected chi connectivity index (χ2v) is 2.66. The summed E-state index contributed by atoms with van der Waals surface area (Å²) in [5, 5.41) is 0. The van der Waals surface area contributed by atoms with E-state index in [9.17, 15) is 0 Å². The molecule has 0 aliphatic carbocycles. The Bertz CT molecular complexity index is 286. The number of hydrogen-bond acceptors (Lipinski definition) is 3. The van der Waals surface area contributed by atoms with Crippen molar-refractivity contribution >= 4 is 0 Å². The third kappa shape index (κ3) is 1.22. The van der Waals surface area contributed by atoms with Crippen LogP contribution in [0, 0.1) is 0 Å². The normalized spacial score (nSPS) is 14.4. The number of rotatable bonds is 1. The summed E-state index contributed by atoms with van der Waals surface area (Å²) in [5.41, 5.74) is 1.04. The van der Waals surface area contributed by atoms with E-state index in [2.05, 4.69) is 11.9 Å². The second-order valence-electron chi connectivity index (χ2n) is 2.66. The minimum absolute atomic E-state index is 0.604. The van der Waals surface area contributed by atoms with Gasteiger partial charge in [-0.15, -0.1) is 0 Å². The Labute approximate surface area is 71.3 Å². The molecule has 0 aromatic carbocycles. The van der Waals surface area contributed by atoms with E-state index in [4.69, 9.17) is 9.47 Å². The molecule has 1 aromatic rings. The highest BCUT2D eigenvalue weighted by Crippen LogP contribution is 2.27. The lowest BCUT2D eigenvalue weighted by Crippen LogP contribution is -2.16. The van der Waals surface area contributed by atoms with Crippen molar-refractivity contribution < 1.29 is 9.47 Å². The molecule has 0 N–H and O–H groups in total. The maximum absolute atomic E-state index is 5.34. The standard InChI is InChI=1S/C9H11NO2/c1-2-7-3-4-8-9(10-7)12-6-5-11-8/h3-4H,2,5-6H2,1H3. The van der Waals surface area contributed by atoms with Crippen LogP contribution in [0.25, 0.3) is 0 Å². The molecular weight excluding hydrogens is 154 g/mol. The molecule has 0 fully saturated rings. The van der Waals surface area contributed by atoms with Crippen LogP contribution in [-0.2, 0) is 6.42 Å². The highest BCUT2D eigenvalue weighted by Gasteiger charge is 2.12. The number of fused-ring (bicyclic) bond motifs is 1. The van der Waals surface area contributed by atoms with Gasteiger partial charge in [-0.25, -0.2) is 4.98 Å². The molecule has 0 radical (unpaired) electrons. The lowest BCUT2D eigenvalue weighted by atomic mass is 10.3. The van der Waals surface area contributed by atoms with E-state index in [0.29, 0.717) is 19.1 Å². The van der Waals surface area contributed by atoms with Gasteiger partial charge in [0.15, 0.2) is 5.75 Å². The van der Waals surface area contributed by atoms with Gasteiger partial charge < -0.3 is 9.47 Å². The van der Waals surface area contributed by atoms with E-state index in [1.54, 1.807) is 0 Å². The summed E-state index contributed by atoms with van der Waals surface area (Å²) in [4.78, 5) is 4.28. The Kier molecular flexibility index (Phi) is 1.86. The summed E-state index contributed by atoms with van der Waals surface area (Å²) in [7, 11) is 0. The van der Waals surface area contributed by atoms with Gasteiger partial charge in [0.05, 0.1) is 0 Å². The average molecular weight is 165 g/mol. The van der Waals surface area contributed by atoms with Crippen molar-refractivity contribution in [3.05, 3.63) is 17.8 Å². The fourth-order valence-corrected chi connectivity index (χ4v) is 1.17.